The van der Waals surface area contributed by atoms with Crippen molar-refractivity contribution in [3.63, 3.8) is 0 Å². The van der Waals surface area contributed by atoms with Crippen LogP contribution in [0, 0.1) is 22.7 Å². The van der Waals surface area contributed by atoms with Crippen molar-refractivity contribution in [1.82, 2.24) is 4.90 Å². The zero-order chi connectivity index (χ0) is 14.7. The molecule has 0 radical (unpaired) electrons. The number of hydrogen-bond donors (Lipinski definition) is 1. The second kappa shape index (κ2) is 6.58. The molecule has 2 heteroatoms. The lowest BCUT2D eigenvalue weighted by atomic mass is 9.75. The molecule has 1 rings (SSSR count). The first-order valence-electron chi connectivity index (χ1n) is 8.04. The molecule has 1 unspecified atom stereocenters. The molecule has 19 heavy (non-hydrogen) atoms. The number of likely N-dealkylation sites (tertiary alicyclic amines) is 1. The predicted octanol–water partition coefficient (Wildman–Crippen LogP) is 3.76. The van der Waals surface area contributed by atoms with Gasteiger partial charge in [0.1, 0.15) is 0 Å². The zero-order valence-corrected chi connectivity index (χ0v) is 14.1. The van der Waals surface area contributed by atoms with Gasteiger partial charge in [0.05, 0.1) is 0 Å². The van der Waals surface area contributed by atoms with E-state index >= 15 is 0 Å². The van der Waals surface area contributed by atoms with Crippen LogP contribution in [0.5, 0.6) is 0 Å². The van der Waals surface area contributed by atoms with Gasteiger partial charge in [-0.1, -0.05) is 41.5 Å². The lowest BCUT2D eigenvalue weighted by molar-refractivity contribution is 0.0951. The quantitative estimate of drug-likeness (QED) is 0.841. The summed E-state index contributed by atoms with van der Waals surface area (Å²) >= 11 is 0. The molecule has 0 bridgehead atoms. The van der Waals surface area contributed by atoms with Gasteiger partial charge >= 0.3 is 0 Å². The van der Waals surface area contributed by atoms with Crippen molar-refractivity contribution in [2.45, 2.75) is 60.8 Å². The fourth-order valence-corrected chi connectivity index (χ4v) is 3.44. The minimum absolute atomic E-state index is 0.397. The molecule has 0 aromatic rings. The van der Waals surface area contributed by atoms with Crippen LogP contribution in [0.25, 0.3) is 0 Å². The SMILES string of the molecule is CC(C)(C)CC(CN)CN1CCC(C(C)(C)C)CC1. The van der Waals surface area contributed by atoms with Gasteiger partial charge in [0.15, 0.2) is 0 Å². The summed E-state index contributed by atoms with van der Waals surface area (Å²) in [4.78, 5) is 2.64. The Hall–Kier alpha value is -0.0800. The summed E-state index contributed by atoms with van der Waals surface area (Å²) < 4.78 is 0. The summed E-state index contributed by atoms with van der Waals surface area (Å²) in [6, 6.07) is 0. The molecule has 1 fully saturated rings. The van der Waals surface area contributed by atoms with E-state index in [9.17, 15) is 0 Å². The van der Waals surface area contributed by atoms with Gasteiger partial charge in [0.25, 0.3) is 0 Å². The number of nitrogens with zero attached hydrogens (tertiary/aromatic N) is 1. The van der Waals surface area contributed by atoms with Crippen LogP contribution in [0.3, 0.4) is 0 Å². The van der Waals surface area contributed by atoms with Crippen molar-refractivity contribution in [3.05, 3.63) is 0 Å². The van der Waals surface area contributed by atoms with Gasteiger partial charge in [0.2, 0.25) is 0 Å². The fraction of sp³-hybridized carbons (Fsp3) is 1.00. The molecule has 2 nitrogen and oxygen atoms in total. The minimum atomic E-state index is 0.397. The third-order valence-corrected chi connectivity index (χ3v) is 4.56. The molecule has 1 saturated heterocycles. The van der Waals surface area contributed by atoms with E-state index < -0.39 is 0 Å². The Morgan fingerprint density at radius 2 is 1.58 bits per heavy atom. The van der Waals surface area contributed by atoms with Crippen LogP contribution in [-0.2, 0) is 0 Å². The van der Waals surface area contributed by atoms with Gasteiger partial charge in [-0.3, -0.25) is 0 Å². The monoisotopic (exact) mass is 268 g/mol. The molecule has 114 valence electrons. The lowest BCUT2D eigenvalue weighted by Crippen LogP contribution is -2.42. The highest BCUT2D eigenvalue weighted by Gasteiger charge is 2.29. The molecule has 0 aromatic heterocycles. The first-order chi connectivity index (χ1) is 8.62. The molecule has 0 aliphatic carbocycles. The summed E-state index contributed by atoms with van der Waals surface area (Å²) in [5, 5.41) is 0. The first-order valence-corrected chi connectivity index (χ1v) is 8.04. The van der Waals surface area contributed by atoms with Crippen LogP contribution in [0.1, 0.15) is 60.8 Å². The van der Waals surface area contributed by atoms with Crippen LogP contribution < -0.4 is 5.73 Å². The highest BCUT2D eigenvalue weighted by molar-refractivity contribution is 4.82. The van der Waals surface area contributed by atoms with Crippen molar-refractivity contribution < 1.29 is 0 Å². The third-order valence-electron chi connectivity index (χ3n) is 4.56. The summed E-state index contributed by atoms with van der Waals surface area (Å²) in [5.74, 6) is 1.55. The van der Waals surface area contributed by atoms with Crippen LogP contribution in [0.4, 0.5) is 0 Å². The van der Waals surface area contributed by atoms with E-state index in [1.165, 1.54) is 38.9 Å². The maximum absolute atomic E-state index is 5.97. The van der Waals surface area contributed by atoms with E-state index in [1.807, 2.05) is 0 Å². The van der Waals surface area contributed by atoms with Gasteiger partial charge in [0, 0.05) is 6.54 Å². The Labute approximate surface area is 121 Å². The zero-order valence-electron chi connectivity index (χ0n) is 14.1. The van der Waals surface area contributed by atoms with Crippen molar-refractivity contribution in [3.8, 4) is 0 Å². The van der Waals surface area contributed by atoms with Crippen LogP contribution in [0.2, 0.25) is 0 Å². The largest absolute Gasteiger partial charge is 0.330 e. The van der Waals surface area contributed by atoms with Gasteiger partial charge < -0.3 is 10.6 Å². The van der Waals surface area contributed by atoms with E-state index in [0.717, 1.165) is 12.5 Å². The molecule has 0 amide bonds. The molecular formula is C17H36N2. The summed E-state index contributed by atoms with van der Waals surface area (Å²) in [7, 11) is 0. The maximum atomic E-state index is 5.97. The van der Waals surface area contributed by atoms with Crippen molar-refractivity contribution in [2.75, 3.05) is 26.2 Å². The average Bonchev–Trinajstić information content (AvgIpc) is 2.26. The van der Waals surface area contributed by atoms with E-state index in [-0.39, 0.29) is 0 Å². The van der Waals surface area contributed by atoms with Gasteiger partial charge in [-0.25, -0.2) is 0 Å². The third kappa shape index (κ3) is 6.27. The number of piperidine rings is 1. The number of hydrogen-bond acceptors (Lipinski definition) is 2. The minimum Gasteiger partial charge on any atom is -0.330 e. The predicted molar refractivity (Wildman–Crippen MR) is 85.2 cm³/mol. The second-order valence-electron chi connectivity index (χ2n) is 8.81. The highest BCUT2D eigenvalue weighted by Crippen LogP contribution is 2.34. The fourth-order valence-electron chi connectivity index (χ4n) is 3.44. The maximum Gasteiger partial charge on any atom is 0.00219 e. The summed E-state index contributed by atoms with van der Waals surface area (Å²) in [6.45, 7) is 18.7. The molecule has 0 spiro atoms. The van der Waals surface area contributed by atoms with Crippen LogP contribution in [-0.4, -0.2) is 31.1 Å². The van der Waals surface area contributed by atoms with E-state index in [1.54, 1.807) is 0 Å². The van der Waals surface area contributed by atoms with E-state index in [0.29, 0.717) is 16.7 Å². The van der Waals surface area contributed by atoms with Crippen LogP contribution >= 0.6 is 0 Å². The lowest BCUT2D eigenvalue weighted by Gasteiger charge is -2.40. The Bertz CT molecular complexity index is 251. The number of nitrogens with two attached hydrogens (primary N) is 1. The molecule has 0 saturated carbocycles. The Morgan fingerprint density at radius 3 is 1.95 bits per heavy atom. The Kier molecular flexibility index (Phi) is 5.88. The molecule has 1 atom stereocenters. The topological polar surface area (TPSA) is 29.3 Å². The molecule has 1 heterocycles. The molecule has 1 aliphatic rings. The second-order valence-corrected chi connectivity index (χ2v) is 8.81. The van der Waals surface area contributed by atoms with Gasteiger partial charge in [-0.15, -0.1) is 0 Å². The van der Waals surface area contributed by atoms with Crippen molar-refractivity contribution in [1.29, 1.82) is 0 Å². The number of rotatable bonds is 4. The molecular weight excluding hydrogens is 232 g/mol. The van der Waals surface area contributed by atoms with Crippen molar-refractivity contribution >= 4 is 0 Å². The molecule has 1 aliphatic heterocycles. The van der Waals surface area contributed by atoms with Gasteiger partial charge in [-0.05, 0) is 61.6 Å². The molecule has 0 aromatic carbocycles. The van der Waals surface area contributed by atoms with Crippen LogP contribution in [0.15, 0.2) is 0 Å². The average molecular weight is 268 g/mol. The van der Waals surface area contributed by atoms with E-state index in [2.05, 4.69) is 46.4 Å². The van der Waals surface area contributed by atoms with Crippen molar-refractivity contribution in [2.24, 2.45) is 28.4 Å². The van der Waals surface area contributed by atoms with E-state index in [4.69, 9.17) is 5.73 Å². The molecule has 2 N–H and O–H groups in total. The normalized spacial score (nSPS) is 21.6. The first kappa shape index (κ1) is 17.0. The summed E-state index contributed by atoms with van der Waals surface area (Å²) in [5.41, 5.74) is 6.84. The smallest absolute Gasteiger partial charge is 0.00219 e. The Morgan fingerprint density at radius 1 is 1.05 bits per heavy atom. The van der Waals surface area contributed by atoms with Gasteiger partial charge in [-0.2, -0.15) is 0 Å². The standard InChI is InChI=1S/C17H36N2/c1-16(2,3)11-14(12-18)13-19-9-7-15(8-10-19)17(4,5)6/h14-15H,7-13,18H2,1-6H3. The highest BCUT2D eigenvalue weighted by atomic mass is 15.1. The summed E-state index contributed by atoms with van der Waals surface area (Å²) in [6.07, 6.45) is 3.95. The Balaban J connectivity index is 2.39.